The van der Waals surface area contributed by atoms with E-state index in [1.807, 2.05) is 41.3 Å². The number of fused-ring (bicyclic) bond motifs is 2. The lowest BCUT2D eigenvalue weighted by Crippen LogP contribution is -2.49. The highest BCUT2D eigenvalue weighted by atomic mass is 35.5. The average Bonchev–Trinajstić information content (AvgIpc) is 3.42. The number of nitrogens with one attached hydrogen (secondary N) is 2. The molecule has 0 spiro atoms. The van der Waals surface area contributed by atoms with Crippen molar-refractivity contribution in [2.45, 2.75) is 6.54 Å². The zero-order valence-corrected chi connectivity index (χ0v) is 19.7. The molecule has 0 bridgehead atoms. The second kappa shape index (κ2) is 8.82. The normalized spacial score (nSPS) is 16.5. The molecule has 0 aliphatic carbocycles. The lowest BCUT2D eigenvalue weighted by atomic mass is 10.0. The molecule has 1 saturated heterocycles. The number of amides is 2. The van der Waals surface area contributed by atoms with Crippen molar-refractivity contribution in [3.63, 3.8) is 0 Å². The molecule has 172 valence electrons. The monoisotopic (exact) mass is 465 g/mol. The average molecular weight is 466 g/mol. The van der Waals surface area contributed by atoms with E-state index in [0.717, 1.165) is 67.0 Å². The van der Waals surface area contributed by atoms with Gasteiger partial charge < -0.3 is 20.1 Å². The summed E-state index contributed by atoms with van der Waals surface area (Å²) in [5.41, 5.74) is 4.73. The fraction of sp³-hybridized carbons (Fsp3) is 0.360. The minimum Gasteiger partial charge on any atom is -0.355 e. The molecule has 3 heterocycles. The van der Waals surface area contributed by atoms with Crippen LogP contribution in [0.15, 0.2) is 36.4 Å². The van der Waals surface area contributed by atoms with Crippen LogP contribution in [0.4, 0.5) is 0 Å². The first-order chi connectivity index (χ1) is 15.9. The third-order valence-electron chi connectivity index (χ3n) is 6.59. The van der Waals surface area contributed by atoms with Crippen molar-refractivity contribution >= 4 is 34.3 Å². The van der Waals surface area contributed by atoms with Crippen molar-refractivity contribution in [3.05, 3.63) is 58.1 Å². The van der Waals surface area contributed by atoms with Gasteiger partial charge in [0.25, 0.3) is 11.8 Å². The van der Waals surface area contributed by atoms with Crippen LogP contribution in [-0.2, 0) is 6.54 Å². The Hall–Kier alpha value is -2.87. The largest absolute Gasteiger partial charge is 0.355 e. The smallest absolute Gasteiger partial charge is 0.253 e. The first kappa shape index (κ1) is 21.9. The molecule has 1 aromatic heterocycles. The highest BCUT2D eigenvalue weighted by Gasteiger charge is 2.26. The van der Waals surface area contributed by atoms with E-state index in [9.17, 15) is 9.59 Å². The third-order valence-corrected chi connectivity index (χ3v) is 6.94. The molecule has 33 heavy (non-hydrogen) atoms. The minimum atomic E-state index is -0.109. The van der Waals surface area contributed by atoms with Crippen molar-refractivity contribution in [2.24, 2.45) is 0 Å². The second-order valence-electron chi connectivity index (χ2n) is 9.05. The molecule has 0 unspecified atom stereocenters. The quantitative estimate of drug-likeness (QED) is 0.607. The van der Waals surface area contributed by atoms with Crippen LogP contribution in [0.5, 0.6) is 0 Å². The van der Waals surface area contributed by atoms with Gasteiger partial charge in [-0.25, -0.2) is 0 Å². The summed E-state index contributed by atoms with van der Waals surface area (Å²) in [6.45, 7) is 5.80. The molecule has 2 aromatic carbocycles. The molecular formula is C25H28ClN5O2. The summed E-state index contributed by atoms with van der Waals surface area (Å²) in [4.78, 5) is 35.5. The van der Waals surface area contributed by atoms with E-state index in [0.29, 0.717) is 22.7 Å². The summed E-state index contributed by atoms with van der Waals surface area (Å²) in [5, 5.41) is 4.40. The number of hydrogen-bond donors (Lipinski definition) is 2. The molecule has 3 aromatic rings. The van der Waals surface area contributed by atoms with Gasteiger partial charge in [-0.05, 0) is 44.4 Å². The summed E-state index contributed by atoms with van der Waals surface area (Å²) >= 11 is 6.29. The van der Waals surface area contributed by atoms with Crippen molar-refractivity contribution in [2.75, 3.05) is 53.4 Å². The van der Waals surface area contributed by atoms with Gasteiger partial charge in [-0.3, -0.25) is 14.5 Å². The van der Waals surface area contributed by atoms with Crippen LogP contribution < -0.4 is 5.32 Å². The molecule has 0 radical (unpaired) electrons. The topological polar surface area (TPSA) is 71.7 Å². The fourth-order valence-corrected chi connectivity index (χ4v) is 4.87. The van der Waals surface area contributed by atoms with Gasteiger partial charge in [0.15, 0.2) is 0 Å². The fourth-order valence-electron chi connectivity index (χ4n) is 4.65. The first-order valence-corrected chi connectivity index (χ1v) is 11.7. The number of H-pyrrole nitrogens is 1. The summed E-state index contributed by atoms with van der Waals surface area (Å²) in [6.07, 6.45) is 0. The lowest BCUT2D eigenvalue weighted by molar-refractivity contribution is 0.0630. The molecule has 1 fully saturated rings. The van der Waals surface area contributed by atoms with Crippen LogP contribution in [0.3, 0.4) is 0 Å². The number of nitrogens with zero attached hydrogens (tertiary/aromatic N) is 3. The number of piperazine rings is 1. The van der Waals surface area contributed by atoms with Crippen molar-refractivity contribution < 1.29 is 9.59 Å². The Kier molecular flexibility index (Phi) is 5.86. The van der Waals surface area contributed by atoms with Crippen LogP contribution in [0.25, 0.3) is 22.2 Å². The Bertz CT molecular complexity index is 1230. The Morgan fingerprint density at radius 1 is 1.09 bits per heavy atom. The van der Waals surface area contributed by atoms with E-state index in [2.05, 4.69) is 34.2 Å². The second-order valence-corrected chi connectivity index (χ2v) is 9.46. The number of rotatable bonds is 5. The van der Waals surface area contributed by atoms with E-state index < -0.39 is 0 Å². The summed E-state index contributed by atoms with van der Waals surface area (Å²) < 4.78 is 0. The van der Waals surface area contributed by atoms with E-state index in [1.165, 1.54) is 0 Å². The lowest BCUT2D eigenvalue weighted by Gasteiger charge is -2.35. The Morgan fingerprint density at radius 2 is 1.88 bits per heavy atom. The van der Waals surface area contributed by atoms with Gasteiger partial charge in [0.1, 0.15) is 0 Å². The highest BCUT2D eigenvalue weighted by molar-refractivity contribution is 6.32. The van der Waals surface area contributed by atoms with Crippen molar-refractivity contribution in [1.82, 2.24) is 25.0 Å². The van der Waals surface area contributed by atoms with Crippen LogP contribution in [0.1, 0.15) is 26.3 Å². The predicted octanol–water partition coefficient (Wildman–Crippen LogP) is 3.05. The zero-order chi connectivity index (χ0) is 23.1. The third kappa shape index (κ3) is 4.24. The summed E-state index contributed by atoms with van der Waals surface area (Å²) in [7, 11) is 4.16. The Balaban J connectivity index is 1.35. The molecule has 2 aliphatic heterocycles. The molecule has 8 heteroatoms. The van der Waals surface area contributed by atoms with Crippen LogP contribution >= 0.6 is 11.6 Å². The Labute approximate surface area is 198 Å². The van der Waals surface area contributed by atoms with Gasteiger partial charge in [-0.2, -0.15) is 0 Å². The predicted molar refractivity (Wildman–Crippen MR) is 131 cm³/mol. The SMILES string of the molecule is CN(C)CCN1CCN(C(=O)c2ccc3[nH]c(-c4ccc(Cl)c5c4C(=O)NC5)cc3c2)CC1. The number of benzene rings is 2. The standard InChI is InChI=1S/C25H28ClN5O2/c1-29(2)7-8-30-9-11-31(12-10-30)25(33)16-3-6-21-17(13-16)14-22(28-21)18-4-5-20(26)19-15-27-24(32)23(18)19/h3-6,13-14,28H,7-12,15H2,1-2H3,(H,27,32). The number of halogens is 1. The van der Waals surface area contributed by atoms with Crippen LogP contribution in [-0.4, -0.2) is 84.9 Å². The summed E-state index contributed by atoms with van der Waals surface area (Å²) in [6, 6.07) is 11.5. The highest BCUT2D eigenvalue weighted by Crippen LogP contribution is 2.34. The Morgan fingerprint density at radius 3 is 2.64 bits per heavy atom. The first-order valence-electron chi connectivity index (χ1n) is 11.3. The van der Waals surface area contributed by atoms with E-state index in [-0.39, 0.29) is 11.8 Å². The number of aromatic nitrogens is 1. The van der Waals surface area contributed by atoms with Gasteiger partial charge in [-0.1, -0.05) is 17.7 Å². The molecule has 2 amide bonds. The molecule has 2 aliphatic rings. The number of carbonyl (C=O) groups excluding carboxylic acids is 2. The van der Waals surface area contributed by atoms with Crippen LogP contribution in [0.2, 0.25) is 5.02 Å². The maximum Gasteiger partial charge on any atom is 0.253 e. The molecule has 0 saturated carbocycles. The maximum absolute atomic E-state index is 13.1. The molecule has 7 nitrogen and oxygen atoms in total. The summed E-state index contributed by atoms with van der Waals surface area (Å²) in [5.74, 6) is -0.0413. The number of carbonyl (C=O) groups is 2. The molecular weight excluding hydrogens is 438 g/mol. The van der Waals surface area contributed by atoms with Gasteiger partial charge in [0, 0.05) is 84.1 Å². The zero-order valence-electron chi connectivity index (χ0n) is 18.9. The maximum atomic E-state index is 13.1. The van der Waals surface area contributed by atoms with Crippen LogP contribution in [0, 0.1) is 0 Å². The molecule has 5 rings (SSSR count). The number of aromatic amines is 1. The van der Waals surface area contributed by atoms with Crippen molar-refractivity contribution in [3.8, 4) is 11.3 Å². The number of hydrogen-bond acceptors (Lipinski definition) is 4. The molecule has 0 atom stereocenters. The van der Waals surface area contributed by atoms with Gasteiger partial charge in [-0.15, -0.1) is 0 Å². The van der Waals surface area contributed by atoms with E-state index >= 15 is 0 Å². The van der Waals surface area contributed by atoms with Gasteiger partial charge >= 0.3 is 0 Å². The minimum absolute atomic E-state index is 0.0682. The molecule has 2 N–H and O–H groups in total. The number of likely N-dealkylation sites (N-methyl/N-ethyl adjacent to an activating group) is 1. The van der Waals surface area contributed by atoms with E-state index in [1.54, 1.807) is 0 Å². The van der Waals surface area contributed by atoms with Gasteiger partial charge in [0.05, 0.1) is 5.56 Å². The van der Waals surface area contributed by atoms with Crippen molar-refractivity contribution in [1.29, 1.82) is 0 Å². The van der Waals surface area contributed by atoms with E-state index in [4.69, 9.17) is 11.6 Å². The van der Waals surface area contributed by atoms with Gasteiger partial charge in [0.2, 0.25) is 0 Å².